The predicted molar refractivity (Wildman–Crippen MR) is 139 cm³/mol. The Hall–Kier alpha value is -3.81. The van der Waals surface area contributed by atoms with Gasteiger partial charge in [-0.3, -0.25) is 9.59 Å². The molecule has 228 valence electrons. The van der Waals surface area contributed by atoms with E-state index in [1.165, 1.54) is 9.80 Å². The third kappa shape index (κ3) is 7.15. The molecule has 0 bridgehead atoms. The van der Waals surface area contributed by atoms with Crippen molar-refractivity contribution in [1.82, 2.24) is 20.0 Å². The van der Waals surface area contributed by atoms with Gasteiger partial charge in [-0.15, -0.1) is 0 Å². The Morgan fingerprint density at radius 1 is 0.929 bits per heavy atom. The number of nitrogens with one attached hydrogen (secondary N) is 1. The first-order chi connectivity index (χ1) is 19.8. The molecular formula is C28H31F6N5O3. The van der Waals surface area contributed by atoms with E-state index in [4.69, 9.17) is 5.73 Å². The van der Waals surface area contributed by atoms with Crippen LogP contribution in [0.3, 0.4) is 0 Å². The normalized spacial score (nSPS) is 19.6. The lowest BCUT2D eigenvalue weighted by molar-refractivity contribution is -0.167. The summed E-state index contributed by atoms with van der Waals surface area (Å²) < 4.78 is 79.7. The number of benzene rings is 2. The Labute approximate surface area is 238 Å². The van der Waals surface area contributed by atoms with Gasteiger partial charge in [0.1, 0.15) is 12.2 Å². The average molecular weight is 600 g/mol. The maximum Gasteiger partial charge on any atom is 0.416 e. The highest BCUT2D eigenvalue weighted by molar-refractivity contribution is 5.91. The molecule has 2 aliphatic heterocycles. The molecule has 0 saturated carbocycles. The molecule has 0 unspecified atom stereocenters. The van der Waals surface area contributed by atoms with Gasteiger partial charge in [0, 0.05) is 26.1 Å². The van der Waals surface area contributed by atoms with Gasteiger partial charge in [0.2, 0.25) is 11.8 Å². The molecule has 8 nitrogen and oxygen atoms in total. The van der Waals surface area contributed by atoms with Gasteiger partial charge in [0.25, 0.3) is 0 Å². The second kappa shape index (κ2) is 12.6. The number of hydrogen-bond donors (Lipinski definition) is 2. The van der Waals surface area contributed by atoms with Crippen LogP contribution in [0.4, 0.5) is 31.1 Å². The van der Waals surface area contributed by atoms with Crippen LogP contribution in [0, 0.1) is 0 Å². The first-order valence-electron chi connectivity index (χ1n) is 13.5. The summed E-state index contributed by atoms with van der Waals surface area (Å²) >= 11 is 0. The van der Waals surface area contributed by atoms with Crippen molar-refractivity contribution in [2.45, 2.75) is 63.3 Å². The minimum absolute atomic E-state index is 0.0118. The molecule has 14 heteroatoms. The number of urea groups is 1. The summed E-state index contributed by atoms with van der Waals surface area (Å²) in [6, 6.07) is 8.63. The van der Waals surface area contributed by atoms with Crippen LogP contribution in [-0.2, 0) is 35.0 Å². The van der Waals surface area contributed by atoms with Crippen molar-refractivity contribution < 1.29 is 40.7 Å². The van der Waals surface area contributed by atoms with Crippen molar-refractivity contribution in [2.24, 2.45) is 5.73 Å². The lowest BCUT2D eigenvalue weighted by Crippen LogP contribution is -2.71. The number of piperazine rings is 1. The van der Waals surface area contributed by atoms with Gasteiger partial charge in [-0.05, 0) is 55.1 Å². The van der Waals surface area contributed by atoms with Gasteiger partial charge in [-0.25, -0.2) is 4.79 Å². The lowest BCUT2D eigenvalue weighted by atomic mass is 9.98. The van der Waals surface area contributed by atoms with E-state index in [-0.39, 0.29) is 49.5 Å². The van der Waals surface area contributed by atoms with E-state index >= 15 is 0 Å². The molecule has 0 radical (unpaired) electrons. The molecule has 2 aromatic rings. The zero-order valence-electron chi connectivity index (χ0n) is 22.5. The molecule has 42 heavy (non-hydrogen) atoms. The summed E-state index contributed by atoms with van der Waals surface area (Å²) in [6.45, 7) is -0.0413. The molecule has 2 aliphatic rings. The number of hydrogen-bond acceptors (Lipinski definition) is 4. The Bertz CT molecular complexity index is 1250. The third-order valence-corrected chi connectivity index (χ3v) is 7.35. The van der Waals surface area contributed by atoms with Crippen LogP contribution in [-0.4, -0.2) is 64.4 Å². The van der Waals surface area contributed by atoms with E-state index in [1.807, 2.05) is 30.3 Å². The fraction of sp³-hybridized carbons (Fsp3) is 0.464. The molecule has 3 N–H and O–H groups in total. The maximum atomic E-state index is 13.5. The fourth-order valence-electron chi connectivity index (χ4n) is 5.32. The number of amides is 4. The topological polar surface area (TPSA) is 99.0 Å². The molecule has 0 aliphatic carbocycles. The fourth-order valence-corrected chi connectivity index (χ4v) is 5.32. The predicted octanol–water partition coefficient (Wildman–Crippen LogP) is 4.33. The highest BCUT2D eigenvalue weighted by Gasteiger charge is 2.48. The average Bonchev–Trinajstić information content (AvgIpc) is 2.93. The number of unbranched alkanes of at least 4 members (excludes halogenated alkanes) is 1. The Kier molecular flexibility index (Phi) is 9.34. The zero-order chi connectivity index (χ0) is 30.7. The number of carbonyl (C=O) groups excluding carboxylic acids is 3. The molecule has 2 saturated heterocycles. The van der Waals surface area contributed by atoms with Gasteiger partial charge >= 0.3 is 18.4 Å². The van der Waals surface area contributed by atoms with Gasteiger partial charge in [0.15, 0.2) is 0 Å². The van der Waals surface area contributed by atoms with Crippen LogP contribution in [0.5, 0.6) is 0 Å². The summed E-state index contributed by atoms with van der Waals surface area (Å²) in [4.78, 5) is 44.2. The summed E-state index contributed by atoms with van der Waals surface area (Å²) in [5.74, 6) is -0.589. The lowest BCUT2D eigenvalue weighted by Gasteiger charge is -2.52. The second-order valence-electron chi connectivity index (χ2n) is 10.3. The summed E-state index contributed by atoms with van der Waals surface area (Å²) in [7, 11) is 0. The number of carbonyl (C=O) groups is 3. The molecule has 0 spiro atoms. The monoisotopic (exact) mass is 599 g/mol. The number of fused-ring (bicyclic) bond motifs is 1. The highest BCUT2D eigenvalue weighted by atomic mass is 19.4. The van der Waals surface area contributed by atoms with Crippen LogP contribution in [0.15, 0.2) is 48.5 Å². The summed E-state index contributed by atoms with van der Waals surface area (Å²) in [6.07, 6.45) is -9.51. The van der Waals surface area contributed by atoms with E-state index < -0.39 is 48.3 Å². The van der Waals surface area contributed by atoms with Gasteiger partial charge < -0.3 is 25.8 Å². The number of alkyl halides is 6. The summed E-state index contributed by atoms with van der Waals surface area (Å²) in [5, 5.41) is 2.41. The van der Waals surface area contributed by atoms with Crippen molar-refractivity contribution in [2.75, 3.05) is 19.6 Å². The van der Waals surface area contributed by atoms with E-state index in [1.54, 1.807) is 4.90 Å². The van der Waals surface area contributed by atoms with E-state index in [2.05, 4.69) is 5.32 Å². The van der Waals surface area contributed by atoms with Crippen molar-refractivity contribution in [3.8, 4) is 0 Å². The smallest absolute Gasteiger partial charge is 0.334 e. The Morgan fingerprint density at radius 3 is 2.17 bits per heavy atom. The van der Waals surface area contributed by atoms with Crippen LogP contribution in [0.2, 0.25) is 0 Å². The molecule has 0 aromatic heterocycles. The molecule has 2 heterocycles. The first-order valence-corrected chi connectivity index (χ1v) is 13.5. The number of halogens is 6. The van der Waals surface area contributed by atoms with Crippen molar-refractivity contribution in [3.05, 3.63) is 70.8 Å². The zero-order valence-corrected chi connectivity index (χ0v) is 22.5. The first kappa shape index (κ1) is 31.1. The standard InChI is InChI=1S/C28H31F6N5O3/c29-27(30,31)20-12-19(13-21(14-20)28(32,33)34)15-36-26(42)38-11-9-24(40)39-22(8-4-5-10-35)25(41)37(17-23(38)39)16-18-6-2-1-3-7-18/h1-3,6-7,12-14,22-23H,4-5,8-11,15-17,35H2,(H,36,42)/t22-,23+/m0/s1. The molecule has 2 fully saturated rings. The number of rotatable bonds is 8. The largest absolute Gasteiger partial charge is 0.416 e. The Balaban J connectivity index is 1.57. The molecule has 2 aromatic carbocycles. The van der Waals surface area contributed by atoms with Crippen molar-refractivity contribution in [3.63, 3.8) is 0 Å². The van der Waals surface area contributed by atoms with E-state index in [9.17, 15) is 40.7 Å². The van der Waals surface area contributed by atoms with Gasteiger partial charge in [0.05, 0.1) is 17.7 Å². The van der Waals surface area contributed by atoms with E-state index in [0.29, 0.717) is 37.9 Å². The van der Waals surface area contributed by atoms with Crippen LogP contribution < -0.4 is 11.1 Å². The molecular weight excluding hydrogens is 568 g/mol. The van der Waals surface area contributed by atoms with Crippen LogP contribution >= 0.6 is 0 Å². The molecule has 2 atom stereocenters. The van der Waals surface area contributed by atoms with Crippen molar-refractivity contribution >= 4 is 17.8 Å². The minimum atomic E-state index is -5.02. The van der Waals surface area contributed by atoms with Gasteiger partial charge in [-0.1, -0.05) is 30.3 Å². The quantitative estimate of drug-likeness (QED) is 0.349. The minimum Gasteiger partial charge on any atom is -0.334 e. The SMILES string of the molecule is NCCCC[C@H]1C(=O)N(Cc2ccccc2)C[C@@H]2N(C(=O)NCc3cc(C(F)(F)F)cc(C(F)(F)F)c3)CCC(=O)N21. The van der Waals surface area contributed by atoms with Gasteiger partial charge in [-0.2, -0.15) is 26.3 Å². The van der Waals surface area contributed by atoms with E-state index in [0.717, 1.165) is 5.56 Å². The molecule has 4 rings (SSSR count). The van der Waals surface area contributed by atoms with Crippen LogP contribution in [0.1, 0.15) is 47.9 Å². The number of nitrogens with zero attached hydrogens (tertiary/aromatic N) is 3. The Morgan fingerprint density at radius 2 is 1.57 bits per heavy atom. The van der Waals surface area contributed by atoms with Crippen LogP contribution in [0.25, 0.3) is 0 Å². The van der Waals surface area contributed by atoms with Crippen molar-refractivity contribution in [1.29, 1.82) is 0 Å². The third-order valence-electron chi connectivity index (χ3n) is 7.35. The summed E-state index contributed by atoms with van der Waals surface area (Å²) in [5.41, 5.74) is 3.09. The number of nitrogens with two attached hydrogens (primary N) is 1. The molecule has 4 amide bonds. The highest BCUT2D eigenvalue weighted by Crippen LogP contribution is 2.36. The second-order valence-corrected chi connectivity index (χ2v) is 10.3. The maximum absolute atomic E-state index is 13.5.